The predicted molar refractivity (Wildman–Crippen MR) is 83.1 cm³/mol. The van der Waals surface area contributed by atoms with Crippen molar-refractivity contribution in [1.29, 1.82) is 0 Å². The van der Waals surface area contributed by atoms with E-state index in [2.05, 4.69) is 4.98 Å². The van der Waals surface area contributed by atoms with Crippen molar-refractivity contribution in [3.05, 3.63) is 65.5 Å². The van der Waals surface area contributed by atoms with Gasteiger partial charge in [0.2, 0.25) is 0 Å². The quantitative estimate of drug-likeness (QED) is 0.749. The van der Waals surface area contributed by atoms with Crippen LogP contribution in [-0.4, -0.2) is 26.7 Å². The molecular formula is C16H13FN2O2S. The number of carboxylic acid groups (broad SMARTS) is 1. The van der Waals surface area contributed by atoms with Gasteiger partial charge in [-0.2, -0.15) is 0 Å². The fourth-order valence-corrected chi connectivity index (χ4v) is 2.85. The van der Waals surface area contributed by atoms with Gasteiger partial charge in [0.25, 0.3) is 0 Å². The second-order valence-electron chi connectivity index (χ2n) is 4.82. The lowest BCUT2D eigenvalue weighted by molar-refractivity contribution is 0.0696. The van der Waals surface area contributed by atoms with Gasteiger partial charge in [0.1, 0.15) is 5.82 Å². The molecule has 0 atom stereocenters. The molecule has 3 rings (SSSR count). The fourth-order valence-electron chi connectivity index (χ4n) is 2.42. The molecule has 0 aliphatic rings. The van der Waals surface area contributed by atoms with Crippen LogP contribution in [0.4, 0.5) is 4.39 Å². The van der Waals surface area contributed by atoms with Crippen molar-refractivity contribution in [2.75, 3.05) is 6.26 Å². The molecular weight excluding hydrogens is 303 g/mol. The highest BCUT2D eigenvalue weighted by Crippen LogP contribution is 2.24. The Labute approximate surface area is 130 Å². The molecule has 112 valence electrons. The summed E-state index contributed by atoms with van der Waals surface area (Å²) >= 11 is 1.46. The lowest BCUT2D eigenvalue weighted by atomic mass is 10.1. The van der Waals surface area contributed by atoms with Gasteiger partial charge in [0, 0.05) is 28.7 Å². The number of fused-ring (bicyclic) bond motifs is 1. The van der Waals surface area contributed by atoms with E-state index in [-0.39, 0.29) is 17.8 Å². The minimum absolute atomic E-state index is 0.168. The first kappa shape index (κ1) is 14.6. The van der Waals surface area contributed by atoms with Gasteiger partial charge < -0.3 is 9.51 Å². The molecule has 22 heavy (non-hydrogen) atoms. The monoisotopic (exact) mass is 316 g/mol. The fraction of sp³-hybridized carbons (Fsp3) is 0.125. The first-order valence-corrected chi connectivity index (χ1v) is 7.82. The highest BCUT2D eigenvalue weighted by Gasteiger charge is 2.17. The summed E-state index contributed by atoms with van der Waals surface area (Å²) in [6.45, 7) is 0. The summed E-state index contributed by atoms with van der Waals surface area (Å²) in [6.07, 6.45) is 5.22. The molecule has 6 heteroatoms. The van der Waals surface area contributed by atoms with Crippen LogP contribution < -0.4 is 0 Å². The molecule has 1 aromatic carbocycles. The van der Waals surface area contributed by atoms with E-state index in [4.69, 9.17) is 0 Å². The van der Waals surface area contributed by atoms with E-state index in [9.17, 15) is 14.3 Å². The van der Waals surface area contributed by atoms with Crippen LogP contribution in [0.15, 0.2) is 47.8 Å². The van der Waals surface area contributed by atoms with Crippen LogP contribution in [-0.2, 0) is 6.42 Å². The van der Waals surface area contributed by atoms with Crippen LogP contribution >= 0.6 is 11.8 Å². The highest BCUT2D eigenvalue weighted by molar-refractivity contribution is 7.98. The number of carbonyl (C=O) groups is 1. The highest BCUT2D eigenvalue weighted by atomic mass is 32.2. The smallest absolute Gasteiger partial charge is 0.337 e. The second-order valence-corrected chi connectivity index (χ2v) is 5.70. The number of aromatic carboxylic acids is 1. The van der Waals surface area contributed by atoms with Gasteiger partial charge in [-0.05, 0) is 36.1 Å². The van der Waals surface area contributed by atoms with Crippen molar-refractivity contribution in [2.24, 2.45) is 0 Å². The predicted octanol–water partition coefficient (Wildman–Crippen LogP) is 3.48. The van der Waals surface area contributed by atoms with Crippen molar-refractivity contribution < 1.29 is 14.3 Å². The largest absolute Gasteiger partial charge is 0.478 e. The van der Waals surface area contributed by atoms with E-state index in [1.165, 1.54) is 17.8 Å². The average molecular weight is 316 g/mol. The summed E-state index contributed by atoms with van der Waals surface area (Å²) in [6, 6.07) is 8.30. The van der Waals surface area contributed by atoms with Gasteiger partial charge in [0.15, 0.2) is 0 Å². The molecule has 0 aliphatic carbocycles. The first-order valence-electron chi connectivity index (χ1n) is 6.60. The summed E-state index contributed by atoms with van der Waals surface area (Å²) in [4.78, 5) is 16.3. The number of nitrogens with zero attached hydrogens (tertiary/aromatic N) is 2. The minimum Gasteiger partial charge on any atom is -0.478 e. The Morgan fingerprint density at radius 3 is 2.86 bits per heavy atom. The van der Waals surface area contributed by atoms with Gasteiger partial charge in [-0.3, -0.25) is 0 Å². The van der Waals surface area contributed by atoms with Gasteiger partial charge in [0.05, 0.1) is 11.9 Å². The lowest BCUT2D eigenvalue weighted by Gasteiger charge is -2.07. The van der Waals surface area contributed by atoms with E-state index >= 15 is 0 Å². The van der Waals surface area contributed by atoms with Crippen molar-refractivity contribution in [1.82, 2.24) is 9.38 Å². The molecule has 3 aromatic rings. The first-order chi connectivity index (χ1) is 10.6. The Hall–Kier alpha value is -2.34. The number of benzene rings is 1. The SMILES string of the molecule is CSc1ccc(Cc2c(C(=O)O)cc3ccncn23)c(F)c1. The minimum atomic E-state index is -1.03. The van der Waals surface area contributed by atoms with E-state index in [0.29, 0.717) is 11.3 Å². The second kappa shape index (κ2) is 5.81. The molecule has 0 aliphatic heterocycles. The topological polar surface area (TPSA) is 54.6 Å². The van der Waals surface area contributed by atoms with E-state index in [0.717, 1.165) is 10.4 Å². The maximum Gasteiger partial charge on any atom is 0.337 e. The van der Waals surface area contributed by atoms with Crippen LogP contribution in [0.1, 0.15) is 21.6 Å². The van der Waals surface area contributed by atoms with Gasteiger partial charge in [-0.25, -0.2) is 14.2 Å². The molecule has 2 aromatic heterocycles. The van der Waals surface area contributed by atoms with Crippen molar-refractivity contribution in [2.45, 2.75) is 11.3 Å². The number of hydrogen-bond donors (Lipinski definition) is 1. The van der Waals surface area contributed by atoms with Gasteiger partial charge in [-0.1, -0.05) is 6.07 Å². The molecule has 0 spiro atoms. The summed E-state index contributed by atoms with van der Waals surface area (Å²) in [5.41, 5.74) is 1.88. The Morgan fingerprint density at radius 2 is 2.18 bits per heavy atom. The molecule has 0 radical (unpaired) electrons. The number of thioether (sulfide) groups is 1. The van der Waals surface area contributed by atoms with E-state index in [1.54, 1.807) is 35.1 Å². The molecule has 0 saturated carbocycles. The third kappa shape index (κ3) is 2.57. The average Bonchev–Trinajstić information content (AvgIpc) is 2.88. The molecule has 0 bridgehead atoms. The summed E-state index contributed by atoms with van der Waals surface area (Å²) in [5.74, 6) is -1.36. The zero-order chi connectivity index (χ0) is 15.7. The molecule has 4 nitrogen and oxygen atoms in total. The maximum absolute atomic E-state index is 14.2. The number of rotatable bonds is 4. The Balaban J connectivity index is 2.10. The number of halogens is 1. The van der Waals surface area contributed by atoms with E-state index in [1.807, 2.05) is 12.3 Å². The van der Waals surface area contributed by atoms with Gasteiger partial charge >= 0.3 is 5.97 Å². The molecule has 2 heterocycles. The number of hydrogen-bond acceptors (Lipinski definition) is 3. The lowest BCUT2D eigenvalue weighted by Crippen LogP contribution is -2.04. The third-order valence-corrected chi connectivity index (χ3v) is 4.26. The van der Waals surface area contributed by atoms with Crippen molar-refractivity contribution in [3.8, 4) is 0 Å². The van der Waals surface area contributed by atoms with Crippen LogP contribution in [0.25, 0.3) is 5.52 Å². The van der Waals surface area contributed by atoms with Crippen molar-refractivity contribution >= 4 is 23.2 Å². The van der Waals surface area contributed by atoms with Gasteiger partial charge in [-0.15, -0.1) is 11.8 Å². The number of aromatic nitrogens is 2. The van der Waals surface area contributed by atoms with Crippen LogP contribution in [0.2, 0.25) is 0 Å². The molecule has 0 unspecified atom stereocenters. The molecule has 0 saturated heterocycles. The zero-order valence-corrected chi connectivity index (χ0v) is 12.6. The standard InChI is InChI=1S/C16H13FN2O2S/c1-22-12-3-2-10(14(17)8-12)6-15-13(16(20)21)7-11-4-5-18-9-19(11)15/h2-5,7-9H,6H2,1H3,(H,20,21). The summed E-state index contributed by atoms with van der Waals surface area (Å²) in [5, 5.41) is 9.37. The van der Waals surface area contributed by atoms with E-state index < -0.39 is 5.97 Å². The Bertz CT molecular complexity index is 860. The summed E-state index contributed by atoms with van der Waals surface area (Å²) < 4.78 is 15.9. The third-order valence-electron chi connectivity index (χ3n) is 3.53. The molecule has 1 N–H and O–H groups in total. The normalized spacial score (nSPS) is 11.0. The van der Waals surface area contributed by atoms with Crippen molar-refractivity contribution in [3.63, 3.8) is 0 Å². The van der Waals surface area contributed by atoms with Crippen LogP contribution in [0, 0.1) is 5.82 Å². The molecule has 0 amide bonds. The Morgan fingerprint density at radius 1 is 1.36 bits per heavy atom. The Kier molecular flexibility index (Phi) is 3.85. The zero-order valence-electron chi connectivity index (χ0n) is 11.8. The summed E-state index contributed by atoms with van der Waals surface area (Å²) in [7, 11) is 0. The maximum atomic E-state index is 14.2. The van der Waals surface area contributed by atoms with Crippen LogP contribution in [0.5, 0.6) is 0 Å². The van der Waals surface area contributed by atoms with Crippen LogP contribution in [0.3, 0.4) is 0 Å². The molecule has 0 fully saturated rings. The number of carboxylic acids is 1.